The fourth-order valence-electron chi connectivity index (χ4n) is 1.98. The van der Waals surface area contributed by atoms with Gasteiger partial charge in [0.1, 0.15) is 5.52 Å². The fourth-order valence-corrected chi connectivity index (χ4v) is 1.98. The van der Waals surface area contributed by atoms with Crippen LogP contribution in [0.2, 0.25) is 0 Å². The lowest BCUT2D eigenvalue weighted by molar-refractivity contribution is -0.383. The molecule has 1 atom stereocenters. The number of benzene rings is 1. The summed E-state index contributed by atoms with van der Waals surface area (Å²) in [6.45, 7) is 2.54. The molecule has 0 aliphatic rings. The molecule has 3 N–H and O–H groups in total. The molecule has 6 nitrogen and oxygen atoms in total. The average Bonchev–Trinajstić information content (AvgIpc) is 2.44. The van der Waals surface area contributed by atoms with Crippen molar-refractivity contribution in [1.82, 2.24) is 4.98 Å². The van der Waals surface area contributed by atoms with E-state index in [1.807, 2.05) is 6.92 Å². The first kappa shape index (κ1) is 13.2. The number of nitrogens with two attached hydrogens (primary N) is 1. The summed E-state index contributed by atoms with van der Waals surface area (Å²) >= 11 is 0. The Morgan fingerprint density at radius 3 is 2.89 bits per heavy atom. The Bertz CT molecular complexity index is 596. The van der Waals surface area contributed by atoms with Gasteiger partial charge in [-0.2, -0.15) is 0 Å². The zero-order valence-corrected chi connectivity index (χ0v) is 10.7. The third-order valence-electron chi connectivity index (χ3n) is 3.08. The van der Waals surface area contributed by atoms with E-state index in [1.54, 1.807) is 24.4 Å². The molecule has 1 unspecified atom stereocenters. The molecule has 2 aromatic rings. The van der Waals surface area contributed by atoms with Crippen LogP contribution in [0.4, 0.5) is 11.4 Å². The first-order valence-electron chi connectivity index (χ1n) is 6.16. The summed E-state index contributed by atoms with van der Waals surface area (Å²) in [5, 5.41) is 14.8. The fraction of sp³-hybridized carbons (Fsp3) is 0.308. The molecular weight excluding hydrogens is 244 g/mol. The number of aromatic nitrogens is 1. The van der Waals surface area contributed by atoms with Crippen molar-refractivity contribution in [2.45, 2.75) is 19.4 Å². The topological polar surface area (TPSA) is 94.1 Å². The molecule has 0 amide bonds. The highest BCUT2D eigenvalue weighted by Gasteiger charge is 2.15. The summed E-state index contributed by atoms with van der Waals surface area (Å²) in [5.74, 6) is 0. The van der Waals surface area contributed by atoms with Gasteiger partial charge in [-0.1, -0.05) is 6.92 Å². The standard InChI is InChI=1S/C13H16N4O2/c1-2-9(8-14)16-11-5-6-12(17(18)19)10-4-3-7-15-13(10)11/h3-7,9,16H,2,8,14H2,1H3. The van der Waals surface area contributed by atoms with Crippen molar-refractivity contribution in [2.75, 3.05) is 11.9 Å². The van der Waals surface area contributed by atoms with Gasteiger partial charge in [-0.3, -0.25) is 15.1 Å². The zero-order valence-electron chi connectivity index (χ0n) is 10.7. The van der Waals surface area contributed by atoms with Crippen molar-refractivity contribution in [1.29, 1.82) is 0 Å². The second-order valence-electron chi connectivity index (χ2n) is 4.27. The smallest absolute Gasteiger partial charge is 0.278 e. The Morgan fingerprint density at radius 1 is 1.47 bits per heavy atom. The van der Waals surface area contributed by atoms with Crippen LogP contribution in [0, 0.1) is 10.1 Å². The van der Waals surface area contributed by atoms with Gasteiger partial charge in [0.25, 0.3) is 5.69 Å². The van der Waals surface area contributed by atoms with Gasteiger partial charge in [0.15, 0.2) is 0 Å². The Kier molecular flexibility index (Phi) is 3.91. The summed E-state index contributed by atoms with van der Waals surface area (Å²) in [6, 6.07) is 6.71. The number of anilines is 1. The van der Waals surface area contributed by atoms with Crippen LogP contribution in [0.25, 0.3) is 10.9 Å². The molecule has 0 bridgehead atoms. The highest BCUT2D eigenvalue weighted by atomic mass is 16.6. The monoisotopic (exact) mass is 260 g/mol. The number of non-ortho nitro benzene ring substituents is 1. The van der Waals surface area contributed by atoms with Crippen LogP contribution in [0.5, 0.6) is 0 Å². The van der Waals surface area contributed by atoms with Crippen LogP contribution in [0.1, 0.15) is 13.3 Å². The van der Waals surface area contributed by atoms with Crippen LogP contribution in [-0.4, -0.2) is 22.5 Å². The van der Waals surface area contributed by atoms with Gasteiger partial charge in [0.2, 0.25) is 0 Å². The molecule has 100 valence electrons. The predicted octanol–water partition coefficient (Wildman–Crippen LogP) is 2.29. The molecule has 0 spiro atoms. The second kappa shape index (κ2) is 5.62. The van der Waals surface area contributed by atoms with Crippen LogP contribution in [0.3, 0.4) is 0 Å². The van der Waals surface area contributed by atoms with E-state index in [2.05, 4.69) is 10.3 Å². The lowest BCUT2D eigenvalue weighted by atomic mass is 10.1. The third kappa shape index (κ3) is 2.63. The molecular formula is C13H16N4O2. The number of pyridine rings is 1. The zero-order chi connectivity index (χ0) is 13.8. The number of hydrogen-bond donors (Lipinski definition) is 2. The number of fused-ring (bicyclic) bond motifs is 1. The summed E-state index contributed by atoms with van der Waals surface area (Å²) < 4.78 is 0. The van der Waals surface area contributed by atoms with Gasteiger partial charge >= 0.3 is 0 Å². The largest absolute Gasteiger partial charge is 0.379 e. The van der Waals surface area contributed by atoms with E-state index >= 15 is 0 Å². The van der Waals surface area contributed by atoms with Crippen LogP contribution < -0.4 is 11.1 Å². The van der Waals surface area contributed by atoms with Gasteiger partial charge < -0.3 is 11.1 Å². The summed E-state index contributed by atoms with van der Waals surface area (Å²) in [4.78, 5) is 14.8. The molecule has 0 saturated carbocycles. The summed E-state index contributed by atoms with van der Waals surface area (Å²) in [6.07, 6.45) is 2.50. The molecule has 0 aliphatic heterocycles. The van der Waals surface area contributed by atoms with Gasteiger partial charge in [0, 0.05) is 24.8 Å². The Morgan fingerprint density at radius 2 is 2.26 bits per heavy atom. The maximum atomic E-state index is 11.0. The highest BCUT2D eigenvalue weighted by Crippen LogP contribution is 2.30. The van der Waals surface area contributed by atoms with Crippen molar-refractivity contribution in [3.8, 4) is 0 Å². The number of nitro groups is 1. The SMILES string of the molecule is CCC(CN)Nc1ccc([N+](=O)[O-])c2cccnc12. The van der Waals surface area contributed by atoms with Crippen molar-refractivity contribution in [3.63, 3.8) is 0 Å². The Labute approximate surface area is 110 Å². The van der Waals surface area contributed by atoms with Crippen molar-refractivity contribution in [2.24, 2.45) is 5.73 Å². The van der Waals surface area contributed by atoms with E-state index in [1.165, 1.54) is 6.07 Å². The quantitative estimate of drug-likeness (QED) is 0.635. The van der Waals surface area contributed by atoms with E-state index in [-0.39, 0.29) is 11.7 Å². The van der Waals surface area contributed by atoms with Crippen LogP contribution >= 0.6 is 0 Å². The third-order valence-corrected chi connectivity index (χ3v) is 3.08. The molecule has 0 saturated heterocycles. The molecule has 1 aromatic heterocycles. The number of nitrogens with one attached hydrogen (secondary N) is 1. The first-order valence-corrected chi connectivity index (χ1v) is 6.16. The molecule has 1 aromatic carbocycles. The lowest BCUT2D eigenvalue weighted by Crippen LogP contribution is -2.28. The minimum atomic E-state index is -0.395. The van der Waals surface area contributed by atoms with Crippen LogP contribution in [-0.2, 0) is 0 Å². The van der Waals surface area contributed by atoms with Gasteiger partial charge in [-0.15, -0.1) is 0 Å². The van der Waals surface area contributed by atoms with E-state index in [0.29, 0.717) is 17.4 Å². The minimum absolute atomic E-state index is 0.0643. The number of nitrogens with zero attached hydrogens (tertiary/aromatic N) is 2. The molecule has 2 rings (SSSR count). The molecule has 6 heteroatoms. The Balaban J connectivity index is 2.52. The summed E-state index contributed by atoms with van der Waals surface area (Å²) in [7, 11) is 0. The maximum absolute atomic E-state index is 11.0. The van der Waals surface area contributed by atoms with Gasteiger partial charge in [0.05, 0.1) is 16.0 Å². The van der Waals surface area contributed by atoms with E-state index < -0.39 is 4.92 Å². The maximum Gasteiger partial charge on any atom is 0.278 e. The Hall–Kier alpha value is -2.21. The minimum Gasteiger partial charge on any atom is -0.379 e. The molecule has 1 heterocycles. The van der Waals surface area contributed by atoms with E-state index in [4.69, 9.17) is 5.73 Å². The molecule has 0 aliphatic carbocycles. The number of nitro benzene ring substituents is 1. The number of hydrogen-bond acceptors (Lipinski definition) is 5. The van der Waals surface area contributed by atoms with Crippen molar-refractivity contribution < 1.29 is 4.92 Å². The van der Waals surface area contributed by atoms with Crippen molar-refractivity contribution >= 4 is 22.3 Å². The average molecular weight is 260 g/mol. The van der Waals surface area contributed by atoms with Gasteiger partial charge in [-0.05, 0) is 24.6 Å². The van der Waals surface area contributed by atoms with E-state index in [9.17, 15) is 10.1 Å². The molecule has 19 heavy (non-hydrogen) atoms. The van der Waals surface area contributed by atoms with E-state index in [0.717, 1.165) is 12.1 Å². The predicted molar refractivity (Wildman–Crippen MR) is 75.2 cm³/mol. The lowest BCUT2D eigenvalue weighted by Gasteiger charge is -2.17. The summed E-state index contributed by atoms with van der Waals surface area (Å²) in [5.41, 5.74) is 7.10. The normalized spacial score (nSPS) is 12.3. The van der Waals surface area contributed by atoms with Crippen LogP contribution in [0.15, 0.2) is 30.5 Å². The molecule has 0 fully saturated rings. The highest BCUT2D eigenvalue weighted by molar-refractivity contribution is 5.96. The molecule has 0 radical (unpaired) electrons. The second-order valence-corrected chi connectivity index (χ2v) is 4.27. The number of rotatable bonds is 5. The van der Waals surface area contributed by atoms with Crippen molar-refractivity contribution in [3.05, 3.63) is 40.6 Å². The first-order chi connectivity index (χ1) is 9.17. The van der Waals surface area contributed by atoms with Gasteiger partial charge in [-0.25, -0.2) is 0 Å².